The first-order valence-electron chi connectivity index (χ1n) is 11.6. The number of carbonyl (C=O) groups excluding carboxylic acids is 4. The Labute approximate surface area is 219 Å². The molecule has 2 aromatic rings. The summed E-state index contributed by atoms with van der Waals surface area (Å²) in [5.74, 6) is -0.391. The quantitative estimate of drug-likeness (QED) is 0.188. The van der Waals surface area contributed by atoms with Crippen molar-refractivity contribution in [2.75, 3.05) is 52.7 Å². The highest BCUT2D eigenvalue weighted by atomic mass is 16.6. The lowest BCUT2D eigenvalue weighted by atomic mass is 10.1. The molecule has 2 N–H and O–H groups in total. The van der Waals surface area contributed by atoms with Crippen LogP contribution in [0.1, 0.15) is 0 Å². The first kappa shape index (κ1) is 29.8. The van der Waals surface area contributed by atoms with Gasteiger partial charge in [0, 0.05) is 25.2 Å². The van der Waals surface area contributed by atoms with Gasteiger partial charge in [-0.3, -0.25) is 0 Å². The summed E-state index contributed by atoms with van der Waals surface area (Å²) in [6, 6.07) is 10.0. The number of benzene rings is 2. The van der Waals surface area contributed by atoms with E-state index < -0.39 is 24.1 Å². The van der Waals surface area contributed by atoms with Crippen molar-refractivity contribution in [3.8, 4) is 11.5 Å². The maximum Gasteiger partial charge on any atom is 0.412 e. The van der Waals surface area contributed by atoms with Crippen LogP contribution in [0.25, 0.3) is 10.8 Å². The number of nitrogens with one attached hydrogen (secondary N) is 2. The third-order valence-electron chi connectivity index (χ3n) is 4.51. The highest BCUT2D eigenvalue weighted by Gasteiger charge is 2.08. The van der Waals surface area contributed by atoms with E-state index in [1.165, 1.54) is 0 Å². The van der Waals surface area contributed by atoms with Gasteiger partial charge in [-0.05, 0) is 35.0 Å². The molecular weight excluding hydrogens is 500 g/mol. The van der Waals surface area contributed by atoms with Crippen molar-refractivity contribution in [2.45, 2.75) is 0 Å². The molecule has 0 heterocycles. The largest absolute Gasteiger partial charge is 0.460 e. The number of amides is 2. The fourth-order valence-electron chi connectivity index (χ4n) is 2.79. The summed E-state index contributed by atoms with van der Waals surface area (Å²) in [5.41, 5.74) is 0. The van der Waals surface area contributed by atoms with Crippen LogP contribution in [0, 0.1) is 0 Å². The Morgan fingerprint density at radius 2 is 1.05 bits per heavy atom. The Hall–Kier alpha value is -4.42. The summed E-state index contributed by atoms with van der Waals surface area (Å²) in [5, 5.41) is 6.64. The zero-order valence-electron chi connectivity index (χ0n) is 20.8. The van der Waals surface area contributed by atoms with Gasteiger partial charge in [0.1, 0.15) is 24.7 Å². The normalized spacial score (nSPS) is 10.2. The van der Waals surface area contributed by atoms with Crippen molar-refractivity contribution >= 4 is 34.9 Å². The van der Waals surface area contributed by atoms with Crippen LogP contribution < -0.4 is 20.1 Å². The lowest BCUT2D eigenvalue weighted by Gasteiger charge is -2.10. The fourth-order valence-corrected chi connectivity index (χ4v) is 2.79. The lowest BCUT2D eigenvalue weighted by Crippen LogP contribution is -2.30. The summed E-state index contributed by atoms with van der Waals surface area (Å²) in [6.45, 7) is 8.00. The first-order chi connectivity index (χ1) is 18.4. The molecule has 0 saturated carbocycles. The van der Waals surface area contributed by atoms with Crippen LogP contribution in [0.3, 0.4) is 0 Å². The summed E-state index contributed by atoms with van der Waals surface area (Å²) in [4.78, 5) is 45.7. The van der Waals surface area contributed by atoms with E-state index in [0.717, 1.165) is 22.9 Å². The molecule has 38 heavy (non-hydrogen) atoms. The van der Waals surface area contributed by atoms with E-state index in [1.807, 2.05) is 0 Å². The topological polar surface area (TPSA) is 148 Å². The van der Waals surface area contributed by atoms with Crippen molar-refractivity contribution in [3.63, 3.8) is 0 Å². The van der Waals surface area contributed by atoms with Crippen molar-refractivity contribution in [1.29, 1.82) is 0 Å². The molecule has 2 aromatic carbocycles. The molecule has 2 rings (SSSR count). The van der Waals surface area contributed by atoms with Gasteiger partial charge in [0.15, 0.2) is 0 Å². The summed E-state index contributed by atoms with van der Waals surface area (Å²) < 4.78 is 30.5. The molecule has 0 saturated heterocycles. The first-order valence-corrected chi connectivity index (χ1v) is 11.6. The van der Waals surface area contributed by atoms with Crippen molar-refractivity contribution in [1.82, 2.24) is 10.6 Å². The van der Waals surface area contributed by atoms with Gasteiger partial charge in [-0.2, -0.15) is 0 Å². The van der Waals surface area contributed by atoms with E-state index in [0.29, 0.717) is 11.5 Å². The molecule has 2 amide bonds. The highest BCUT2D eigenvalue weighted by Crippen LogP contribution is 2.25. The molecule has 12 heteroatoms. The molecule has 0 aliphatic carbocycles. The van der Waals surface area contributed by atoms with Gasteiger partial charge in [-0.1, -0.05) is 25.3 Å². The minimum atomic E-state index is -0.649. The molecule has 0 atom stereocenters. The predicted octanol–water partition coefficient (Wildman–Crippen LogP) is 2.51. The van der Waals surface area contributed by atoms with E-state index in [-0.39, 0.29) is 52.7 Å². The molecule has 0 spiro atoms. The summed E-state index contributed by atoms with van der Waals surface area (Å²) >= 11 is 0. The van der Waals surface area contributed by atoms with Gasteiger partial charge in [0.2, 0.25) is 0 Å². The zero-order chi connectivity index (χ0) is 27.6. The molecular formula is C26H30N2O10. The number of hydrogen-bond donors (Lipinski definition) is 2. The smallest absolute Gasteiger partial charge is 0.412 e. The SMILES string of the molecule is C=CC(=O)OCCOCCNC(=O)Oc1ccc2cc(OC(=O)NCCOCCOC(=O)C=C)ccc2c1. The van der Waals surface area contributed by atoms with Gasteiger partial charge in [-0.25, -0.2) is 19.2 Å². The van der Waals surface area contributed by atoms with Crippen LogP contribution in [-0.4, -0.2) is 76.9 Å². The Bertz CT molecular complexity index is 1030. The standard InChI is InChI=1S/C26H30N2O10/c1-3-23(29)35-15-13-33-11-9-27-25(31)37-21-7-5-20-18-22(8-6-19(20)17-21)38-26(32)28-10-12-34-14-16-36-24(30)4-2/h3-8,17-18H,1-2,9-16H2,(H,27,31)(H,28,32). The number of esters is 2. The fraction of sp³-hybridized carbons (Fsp3) is 0.308. The van der Waals surface area contributed by atoms with Crippen LogP contribution in [0.5, 0.6) is 11.5 Å². The molecule has 0 aliphatic heterocycles. The second kappa shape index (κ2) is 17.1. The molecule has 0 aromatic heterocycles. The minimum absolute atomic E-state index is 0.0940. The third kappa shape index (κ3) is 12.0. The number of fused-ring (bicyclic) bond motifs is 1. The van der Waals surface area contributed by atoms with E-state index >= 15 is 0 Å². The predicted molar refractivity (Wildman–Crippen MR) is 136 cm³/mol. The monoisotopic (exact) mass is 530 g/mol. The van der Waals surface area contributed by atoms with E-state index in [4.69, 9.17) is 28.4 Å². The number of hydrogen-bond acceptors (Lipinski definition) is 10. The molecule has 0 unspecified atom stereocenters. The van der Waals surface area contributed by atoms with Gasteiger partial charge in [0.25, 0.3) is 0 Å². The Balaban J connectivity index is 1.67. The van der Waals surface area contributed by atoms with Crippen LogP contribution in [0.15, 0.2) is 61.7 Å². The minimum Gasteiger partial charge on any atom is -0.460 e. The Morgan fingerprint density at radius 1 is 0.632 bits per heavy atom. The van der Waals surface area contributed by atoms with Gasteiger partial charge >= 0.3 is 24.1 Å². The van der Waals surface area contributed by atoms with Crippen LogP contribution in [0.2, 0.25) is 0 Å². The third-order valence-corrected chi connectivity index (χ3v) is 4.51. The highest BCUT2D eigenvalue weighted by molar-refractivity contribution is 5.86. The summed E-state index contributed by atoms with van der Waals surface area (Å²) in [6.07, 6.45) is 0.829. The molecule has 0 radical (unpaired) electrons. The van der Waals surface area contributed by atoms with Crippen LogP contribution in [0.4, 0.5) is 9.59 Å². The van der Waals surface area contributed by atoms with Gasteiger partial charge in [0.05, 0.1) is 26.4 Å². The van der Waals surface area contributed by atoms with Crippen molar-refractivity contribution in [2.24, 2.45) is 0 Å². The maximum absolute atomic E-state index is 12.0. The zero-order valence-corrected chi connectivity index (χ0v) is 20.8. The maximum atomic E-state index is 12.0. The van der Waals surface area contributed by atoms with Gasteiger partial charge in [-0.15, -0.1) is 0 Å². The van der Waals surface area contributed by atoms with E-state index in [9.17, 15) is 19.2 Å². The summed E-state index contributed by atoms with van der Waals surface area (Å²) in [7, 11) is 0. The van der Waals surface area contributed by atoms with E-state index in [2.05, 4.69) is 23.8 Å². The lowest BCUT2D eigenvalue weighted by molar-refractivity contribution is -0.140. The van der Waals surface area contributed by atoms with E-state index in [1.54, 1.807) is 36.4 Å². The Kier molecular flexibility index (Phi) is 13.4. The molecule has 0 fully saturated rings. The van der Waals surface area contributed by atoms with Gasteiger partial charge < -0.3 is 39.1 Å². The van der Waals surface area contributed by atoms with Crippen molar-refractivity contribution < 1.29 is 47.6 Å². The average molecular weight is 531 g/mol. The van der Waals surface area contributed by atoms with Crippen LogP contribution >= 0.6 is 0 Å². The second-order valence-electron chi connectivity index (χ2n) is 7.27. The molecule has 204 valence electrons. The van der Waals surface area contributed by atoms with Crippen molar-refractivity contribution in [3.05, 3.63) is 61.7 Å². The molecule has 0 aliphatic rings. The average Bonchev–Trinajstić information content (AvgIpc) is 2.91. The number of carbonyl (C=O) groups is 4. The van der Waals surface area contributed by atoms with Crippen LogP contribution in [-0.2, 0) is 28.5 Å². The number of ether oxygens (including phenoxy) is 6. The molecule has 0 bridgehead atoms. The Morgan fingerprint density at radius 3 is 1.45 bits per heavy atom. The molecule has 12 nitrogen and oxygen atoms in total. The second-order valence-corrected chi connectivity index (χ2v) is 7.27. The number of rotatable bonds is 16.